The summed E-state index contributed by atoms with van der Waals surface area (Å²) in [5.74, 6) is -1.47. The molecule has 0 saturated heterocycles. The third-order valence-electron chi connectivity index (χ3n) is 3.43. The number of nitrogens with one attached hydrogen (secondary N) is 1. The van der Waals surface area contributed by atoms with Crippen molar-refractivity contribution in [2.24, 2.45) is 0 Å². The molecule has 0 spiro atoms. The summed E-state index contributed by atoms with van der Waals surface area (Å²) in [5, 5.41) is 2.58. The van der Waals surface area contributed by atoms with Crippen molar-refractivity contribution in [2.45, 2.75) is 26.3 Å². The molecule has 1 heterocycles. The van der Waals surface area contributed by atoms with Crippen LogP contribution in [0.2, 0.25) is 0 Å². The van der Waals surface area contributed by atoms with Gasteiger partial charge in [-0.1, -0.05) is 30.3 Å². The van der Waals surface area contributed by atoms with E-state index in [0.29, 0.717) is 12.1 Å². The van der Waals surface area contributed by atoms with E-state index in [4.69, 9.17) is 4.74 Å². The number of rotatable bonds is 7. The molecule has 1 amide bonds. The lowest BCUT2D eigenvalue weighted by Crippen LogP contribution is -2.43. The first kappa shape index (κ1) is 18.3. The number of aryl methyl sites for hydroxylation is 1. The fourth-order valence-electron chi connectivity index (χ4n) is 2.09. The molecule has 1 atom stereocenters. The van der Waals surface area contributed by atoms with E-state index in [9.17, 15) is 14.4 Å². The van der Waals surface area contributed by atoms with Crippen molar-refractivity contribution in [2.75, 3.05) is 6.61 Å². The normalized spacial score (nSPS) is 11.4. The van der Waals surface area contributed by atoms with Crippen molar-refractivity contribution in [1.82, 2.24) is 15.3 Å². The van der Waals surface area contributed by atoms with Crippen molar-refractivity contribution in [3.05, 3.63) is 59.7 Å². The van der Waals surface area contributed by atoms with Crippen molar-refractivity contribution in [3.63, 3.8) is 0 Å². The molecule has 0 aliphatic rings. The van der Waals surface area contributed by atoms with Crippen LogP contribution in [0.5, 0.6) is 0 Å². The zero-order valence-corrected chi connectivity index (χ0v) is 14.1. The molecule has 7 nitrogen and oxygen atoms in total. The summed E-state index contributed by atoms with van der Waals surface area (Å²) in [5.41, 5.74) is 1.61. The van der Waals surface area contributed by atoms with Gasteiger partial charge in [0.15, 0.2) is 18.1 Å². The standard InChI is InChI=1S/C18H19N3O4/c1-12-9-20-16(10-19-12)18(24)25-11-17(23)21-15(13(2)22)8-14-6-4-3-5-7-14/h3-7,9-10,15H,8,11H2,1-2H3,(H,21,23)/t15-/m0/s1. The number of nitrogens with zero attached hydrogens (tertiary/aromatic N) is 2. The number of Topliss-reactive ketones (excluding diaryl/α,β-unsaturated/α-hetero) is 1. The molecular weight excluding hydrogens is 322 g/mol. The minimum absolute atomic E-state index is 0.0193. The minimum atomic E-state index is -0.745. The maximum Gasteiger partial charge on any atom is 0.359 e. The van der Waals surface area contributed by atoms with Crippen molar-refractivity contribution < 1.29 is 19.1 Å². The van der Waals surface area contributed by atoms with Gasteiger partial charge in [0.25, 0.3) is 5.91 Å². The highest BCUT2D eigenvalue weighted by Gasteiger charge is 2.19. The smallest absolute Gasteiger partial charge is 0.359 e. The summed E-state index contributed by atoms with van der Waals surface area (Å²) in [6, 6.07) is 8.67. The molecule has 1 aromatic heterocycles. The summed E-state index contributed by atoms with van der Waals surface area (Å²) >= 11 is 0. The van der Waals surface area contributed by atoms with E-state index in [1.54, 1.807) is 6.92 Å². The van der Waals surface area contributed by atoms with Crippen LogP contribution < -0.4 is 5.32 Å². The van der Waals surface area contributed by atoms with Crippen LogP contribution in [0.15, 0.2) is 42.7 Å². The van der Waals surface area contributed by atoms with E-state index in [0.717, 1.165) is 5.56 Å². The Hall–Kier alpha value is -3.09. The van der Waals surface area contributed by atoms with Gasteiger partial charge in [0, 0.05) is 6.20 Å². The molecule has 0 radical (unpaired) electrons. The van der Waals surface area contributed by atoms with Gasteiger partial charge in [-0.3, -0.25) is 14.6 Å². The largest absolute Gasteiger partial charge is 0.451 e. The average Bonchev–Trinajstić information content (AvgIpc) is 2.60. The summed E-state index contributed by atoms with van der Waals surface area (Å²) in [6.45, 7) is 2.65. The maximum absolute atomic E-state index is 12.0. The molecular formula is C18H19N3O4. The predicted molar refractivity (Wildman–Crippen MR) is 89.8 cm³/mol. The van der Waals surface area contributed by atoms with Crippen LogP contribution in [0.1, 0.15) is 28.7 Å². The van der Waals surface area contributed by atoms with Gasteiger partial charge in [0.2, 0.25) is 0 Å². The van der Waals surface area contributed by atoms with Crippen LogP contribution >= 0.6 is 0 Å². The summed E-state index contributed by atoms with van der Waals surface area (Å²) in [7, 11) is 0. The van der Waals surface area contributed by atoms with Gasteiger partial charge in [-0.2, -0.15) is 0 Å². The number of aromatic nitrogens is 2. The average molecular weight is 341 g/mol. The SMILES string of the molecule is CC(=O)[C@H](Cc1ccccc1)NC(=O)COC(=O)c1cnc(C)cn1. The third kappa shape index (κ3) is 5.80. The van der Waals surface area contributed by atoms with Gasteiger partial charge < -0.3 is 10.1 Å². The van der Waals surface area contributed by atoms with Crippen LogP contribution in [0.25, 0.3) is 0 Å². The second-order valence-electron chi connectivity index (χ2n) is 5.54. The van der Waals surface area contributed by atoms with E-state index in [2.05, 4.69) is 15.3 Å². The summed E-state index contributed by atoms with van der Waals surface area (Å²) in [6.07, 6.45) is 3.09. The van der Waals surface area contributed by atoms with Gasteiger partial charge in [-0.05, 0) is 25.8 Å². The lowest BCUT2D eigenvalue weighted by atomic mass is 10.0. The Kier molecular flexibility index (Phi) is 6.33. The second kappa shape index (κ2) is 8.68. The monoisotopic (exact) mass is 341 g/mol. The number of carbonyl (C=O) groups is 3. The quantitative estimate of drug-likeness (QED) is 0.761. The Morgan fingerprint density at radius 3 is 2.44 bits per heavy atom. The van der Waals surface area contributed by atoms with Crippen molar-refractivity contribution >= 4 is 17.7 Å². The molecule has 1 N–H and O–H groups in total. The van der Waals surface area contributed by atoms with Crippen LogP contribution in [0.4, 0.5) is 0 Å². The lowest BCUT2D eigenvalue weighted by Gasteiger charge is -2.16. The molecule has 2 rings (SSSR count). The first-order chi connectivity index (χ1) is 12.0. The molecule has 0 fully saturated rings. The van der Waals surface area contributed by atoms with E-state index in [1.807, 2.05) is 30.3 Å². The Bertz CT molecular complexity index is 745. The highest BCUT2D eigenvalue weighted by molar-refractivity contribution is 5.91. The first-order valence-corrected chi connectivity index (χ1v) is 7.75. The zero-order valence-electron chi connectivity index (χ0n) is 14.1. The zero-order chi connectivity index (χ0) is 18.2. The summed E-state index contributed by atoms with van der Waals surface area (Å²) in [4.78, 5) is 43.3. The molecule has 25 heavy (non-hydrogen) atoms. The molecule has 7 heteroatoms. The van der Waals surface area contributed by atoms with Gasteiger partial charge in [0.1, 0.15) is 0 Å². The Morgan fingerprint density at radius 1 is 1.12 bits per heavy atom. The number of hydrogen-bond donors (Lipinski definition) is 1. The molecule has 130 valence electrons. The predicted octanol–water partition coefficient (Wildman–Crippen LogP) is 1.26. The lowest BCUT2D eigenvalue weighted by molar-refractivity contribution is -0.128. The number of ether oxygens (including phenoxy) is 1. The Morgan fingerprint density at radius 2 is 1.84 bits per heavy atom. The number of carbonyl (C=O) groups excluding carboxylic acids is 3. The third-order valence-corrected chi connectivity index (χ3v) is 3.43. The van der Waals surface area contributed by atoms with Gasteiger partial charge in [-0.25, -0.2) is 9.78 Å². The summed E-state index contributed by atoms with van der Waals surface area (Å²) < 4.78 is 4.90. The van der Waals surface area contributed by atoms with Crippen LogP contribution in [0.3, 0.4) is 0 Å². The molecule has 0 saturated carbocycles. The fraction of sp³-hybridized carbons (Fsp3) is 0.278. The Balaban J connectivity index is 1.87. The first-order valence-electron chi connectivity index (χ1n) is 7.75. The molecule has 2 aromatic rings. The fourth-order valence-corrected chi connectivity index (χ4v) is 2.09. The van der Waals surface area contributed by atoms with Crippen LogP contribution in [-0.4, -0.2) is 40.3 Å². The minimum Gasteiger partial charge on any atom is -0.451 e. The molecule has 0 unspecified atom stereocenters. The van der Waals surface area contributed by atoms with Crippen LogP contribution in [0, 0.1) is 6.92 Å². The van der Waals surface area contributed by atoms with E-state index in [1.165, 1.54) is 19.3 Å². The molecule has 0 aliphatic carbocycles. The molecule has 0 aliphatic heterocycles. The highest BCUT2D eigenvalue weighted by atomic mass is 16.5. The van der Waals surface area contributed by atoms with Gasteiger partial charge in [0.05, 0.1) is 17.9 Å². The number of ketones is 1. The topological polar surface area (TPSA) is 98.2 Å². The molecule has 0 bridgehead atoms. The number of benzene rings is 1. The number of hydrogen-bond acceptors (Lipinski definition) is 6. The van der Waals surface area contributed by atoms with Crippen molar-refractivity contribution in [1.29, 1.82) is 0 Å². The number of esters is 1. The van der Waals surface area contributed by atoms with E-state index in [-0.39, 0.29) is 11.5 Å². The number of amides is 1. The Labute approximate surface area is 145 Å². The van der Waals surface area contributed by atoms with Gasteiger partial charge in [-0.15, -0.1) is 0 Å². The van der Waals surface area contributed by atoms with E-state index < -0.39 is 24.5 Å². The second-order valence-corrected chi connectivity index (χ2v) is 5.54. The molecule has 1 aromatic carbocycles. The van der Waals surface area contributed by atoms with Gasteiger partial charge >= 0.3 is 5.97 Å². The van der Waals surface area contributed by atoms with Crippen LogP contribution in [-0.2, 0) is 20.7 Å². The highest BCUT2D eigenvalue weighted by Crippen LogP contribution is 2.04. The van der Waals surface area contributed by atoms with E-state index >= 15 is 0 Å². The maximum atomic E-state index is 12.0. The van der Waals surface area contributed by atoms with Crippen molar-refractivity contribution in [3.8, 4) is 0 Å².